The van der Waals surface area contributed by atoms with Crippen LogP contribution in [0.25, 0.3) is 22.4 Å². The smallest absolute Gasteiger partial charge is 0.178 e. The van der Waals surface area contributed by atoms with Gasteiger partial charge in [-0.3, -0.25) is 0 Å². The molecule has 5 heteroatoms. The number of benzene rings is 2. The Morgan fingerprint density at radius 2 is 1.62 bits per heavy atom. The van der Waals surface area contributed by atoms with Crippen molar-refractivity contribution in [2.45, 2.75) is 9.92 Å². The standard InChI is InChI=1S/C19H12FN3S/c20-14-8-10-15(11-9-14)24-18-7-3-6-17(22-18)19-21-12-13-4-1-2-5-16(13)23-19/h1-12H. The zero-order valence-corrected chi connectivity index (χ0v) is 13.4. The molecule has 24 heavy (non-hydrogen) atoms. The fraction of sp³-hybridized carbons (Fsp3) is 0. The van der Waals surface area contributed by atoms with E-state index in [9.17, 15) is 4.39 Å². The van der Waals surface area contributed by atoms with Gasteiger partial charge in [0.15, 0.2) is 5.82 Å². The van der Waals surface area contributed by atoms with E-state index < -0.39 is 0 Å². The van der Waals surface area contributed by atoms with Crippen molar-refractivity contribution in [1.82, 2.24) is 15.0 Å². The number of pyridine rings is 1. The molecule has 2 aromatic carbocycles. The molecule has 0 radical (unpaired) electrons. The number of halogens is 1. The fourth-order valence-electron chi connectivity index (χ4n) is 2.32. The normalized spacial score (nSPS) is 10.9. The number of para-hydroxylation sites is 1. The number of nitrogens with zero attached hydrogens (tertiary/aromatic N) is 3. The maximum absolute atomic E-state index is 13.0. The second-order valence-corrected chi connectivity index (χ2v) is 6.26. The first-order valence-electron chi connectivity index (χ1n) is 7.40. The number of hydrogen-bond donors (Lipinski definition) is 0. The Morgan fingerprint density at radius 1 is 0.792 bits per heavy atom. The van der Waals surface area contributed by atoms with Gasteiger partial charge in [0.2, 0.25) is 0 Å². The van der Waals surface area contributed by atoms with Crippen LogP contribution >= 0.6 is 11.8 Å². The highest BCUT2D eigenvalue weighted by Crippen LogP contribution is 2.27. The molecule has 0 bridgehead atoms. The Labute approximate surface area is 142 Å². The van der Waals surface area contributed by atoms with Crippen molar-refractivity contribution in [3.63, 3.8) is 0 Å². The van der Waals surface area contributed by atoms with Crippen LogP contribution in [0.5, 0.6) is 0 Å². The topological polar surface area (TPSA) is 38.7 Å². The van der Waals surface area contributed by atoms with E-state index in [0.717, 1.165) is 20.8 Å². The zero-order valence-electron chi connectivity index (χ0n) is 12.6. The molecule has 0 unspecified atom stereocenters. The first-order chi connectivity index (χ1) is 11.8. The molecule has 0 atom stereocenters. The zero-order chi connectivity index (χ0) is 16.4. The van der Waals surface area contributed by atoms with Gasteiger partial charge in [0, 0.05) is 16.5 Å². The van der Waals surface area contributed by atoms with Gasteiger partial charge in [0.05, 0.1) is 5.52 Å². The molecule has 0 fully saturated rings. The summed E-state index contributed by atoms with van der Waals surface area (Å²) in [6.07, 6.45) is 1.80. The minimum Gasteiger partial charge on any atom is -0.238 e. The maximum atomic E-state index is 13.0. The molecule has 2 aromatic heterocycles. The predicted octanol–water partition coefficient (Wildman–Crippen LogP) is 4.98. The minimum absolute atomic E-state index is 0.245. The highest BCUT2D eigenvalue weighted by Gasteiger charge is 2.07. The van der Waals surface area contributed by atoms with Crippen LogP contribution < -0.4 is 0 Å². The molecule has 0 spiro atoms. The van der Waals surface area contributed by atoms with Crippen LogP contribution in [0, 0.1) is 5.82 Å². The Balaban J connectivity index is 1.67. The molecule has 0 saturated carbocycles. The highest BCUT2D eigenvalue weighted by molar-refractivity contribution is 7.99. The molecule has 0 aliphatic carbocycles. The predicted molar refractivity (Wildman–Crippen MR) is 93.3 cm³/mol. The van der Waals surface area contributed by atoms with Gasteiger partial charge >= 0.3 is 0 Å². The van der Waals surface area contributed by atoms with Gasteiger partial charge in [-0.25, -0.2) is 19.3 Å². The molecular formula is C19H12FN3S. The molecule has 0 aliphatic heterocycles. The number of hydrogen-bond acceptors (Lipinski definition) is 4. The van der Waals surface area contributed by atoms with Gasteiger partial charge in [-0.2, -0.15) is 0 Å². The van der Waals surface area contributed by atoms with Gasteiger partial charge in [0.1, 0.15) is 16.5 Å². The molecule has 0 amide bonds. The third-order valence-corrected chi connectivity index (χ3v) is 4.42. The molecule has 0 saturated heterocycles. The van der Waals surface area contributed by atoms with Crippen molar-refractivity contribution in [3.05, 3.63) is 78.7 Å². The monoisotopic (exact) mass is 333 g/mol. The summed E-state index contributed by atoms with van der Waals surface area (Å²) in [4.78, 5) is 14.5. The van der Waals surface area contributed by atoms with Crippen LogP contribution in [0.1, 0.15) is 0 Å². The van der Waals surface area contributed by atoms with Crippen molar-refractivity contribution in [1.29, 1.82) is 0 Å². The SMILES string of the molecule is Fc1ccc(Sc2cccc(-c3ncc4ccccc4n3)n2)cc1. The van der Waals surface area contributed by atoms with E-state index in [4.69, 9.17) is 0 Å². The van der Waals surface area contributed by atoms with Gasteiger partial charge in [-0.05, 0) is 42.5 Å². The largest absolute Gasteiger partial charge is 0.238 e. The van der Waals surface area contributed by atoms with E-state index in [1.54, 1.807) is 18.3 Å². The van der Waals surface area contributed by atoms with Gasteiger partial charge in [-0.1, -0.05) is 36.0 Å². The summed E-state index contributed by atoms with van der Waals surface area (Å²) in [6.45, 7) is 0. The molecule has 2 heterocycles. The van der Waals surface area contributed by atoms with Crippen molar-refractivity contribution in [2.24, 2.45) is 0 Å². The summed E-state index contributed by atoms with van der Waals surface area (Å²) in [7, 11) is 0. The van der Waals surface area contributed by atoms with Crippen LogP contribution in [0.15, 0.2) is 82.8 Å². The Kier molecular flexibility index (Phi) is 3.92. The van der Waals surface area contributed by atoms with Crippen LogP contribution in [0.3, 0.4) is 0 Å². The van der Waals surface area contributed by atoms with E-state index in [1.807, 2.05) is 42.5 Å². The lowest BCUT2D eigenvalue weighted by atomic mass is 10.2. The summed E-state index contributed by atoms with van der Waals surface area (Å²) in [5, 5.41) is 1.81. The maximum Gasteiger partial charge on any atom is 0.178 e. The van der Waals surface area contributed by atoms with Crippen LogP contribution in [0.2, 0.25) is 0 Å². The minimum atomic E-state index is -0.245. The van der Waals surface area contributed by atoms with Crippen LogP contribution in [-0.4, -0.2) is 15.0 Å². The Morgan fingerprint density at radius 3 is 2.50 bits per heavy atom. The van der Waals surface area contributed by atoms with Crippen molar-refractivity contribution >= 4 is 22.7 Å². The first kappa shape index (κ1) is 14.8. The quantitative estimate of drug-likeness (QED) is 0.530. The summed E-state index contributed by atoms with van der Waals surface area (Å²) in [6, 6.07) is 19.9. The summed E-state index contributed by atoms with van der Waals surface area (Å²) in [5.41, 5.74) is 1.61. The molecule has 0 aliphatic rings. The molecular weight excluding hydrogens is 321 g/mol. The second-order valence-electron chi connectivity index (χ2n) is 5.17. The molecule has 3 nitrogen and oxygen atoms in total. The average Bonchev–Trinajstić information content (AvgIpc) is 2.63. The lowest BCUT2D eigenvalue weighted by molar-refractivity contribution is 0.626. The fourth-order valence-corrected chi connectivity index (χ4v) is 3.12. The average molecular weight is 333 g/mol. The number of aromatic nitrogens is 3. The Hall–Kier alpha value is -2.79. The first-order valence-corrected chi connectivity index (χ1v) is 8.22. The molecule has 4 aromatic rings. The summed E-state index contributed by atoms with van der Waals surface area (Å²) >= 11 is 1.48. The van der Waals surface area contributed by atoms with Crippen LogP contribution in [0.4, 0.5) is 4.39 Å². The van der Waals surface area contributed by atoms with E-state index >= 15 is 0 Å². The van der Waals surface area contributed by atoms with E-state index in [1.165, 1.54) is 23.9 Å². The van der Waals surface area contributed by atoms with Crippen molar-refractivity contribution in [2.75, 3.05) is 0 Å². The third-order valence-electron chi connectivity index (χ3n) is 3.48. The van der Waals surface area contributed by atoms with E-state index in [-0.39, 0.29) is 5.82 Å². The third kappa shape index (κ3) is 3.12. The molecule has 116 valence electrons. The second kappa shape index (κ2) is 6.37. The molecule has 0 N–H and O–H groups in total. The van der Waals surface area contributed by atoms with Crippen molar-refractivity contribution < 1.29 is 4.39 Å². The number of fused-ring (bicyclic) bond motifs is 1. The Bertz CT molecular complexity index is 1000. The number of rotatable bonds is 3. The van der Waals surface area contributed by atoms with E-state index in [2.05, 4.69) is 15.0 Å². The highest BCUT2D eigenvalue weighted by atomic mass is 32.2. The lowest BCUT2D eigenvalue weighted by Gasteiger charge is -2.05. The van der Waals surface area contributed by atoms with Gasteiger partial charge in [-0.15, -0.1) is 0 Å². The van der Waals surface area contributed by atoms with Crippen LogP contribution in [-0.2, 0) is 0 Å². The summed E-state index contributed by atoms with van der Waals surface area (Å²) in [5.74, 6) is 0.348. The summed E-state index contributed by atoms with van der Waals surface area (Å²) < 4.78 is 13.0. The van der Waals surface area contributed by atoms with Gasteiger partial charge < -0.3 is 0 Å². The lowest BCUT2D eigenvalue weighted by Crippen LogP contribution is -1.93. The van der Waals surface area contributed by atoms with E-state index in [0.29, 0.717) is 11.5 Å². The van der Waals surface area contributed by atoms with Gasteiger partial charge in [0.25, 0.3) is 0 Å². The molecule has 4 rings (SSSR count). The van der Waals surface area contributed by atoms with Crippen molar-refractivity contribution in [3.8, 4) is 11.5 Å².